The topological polar surface area (TPSA) is 27.1 Å². The quantitative estimate of drug-likeness (QED) is 0.831. The van der Waals surface area contributed by atoms with Crippen LogP contribution < -0.4 is 4.74 Å². The minimum atomic E-state index is 0.660. The van der Waals surface area contributed by atoms with Gasteiger partial charge in [-0.15, -0.1) is 0 Å². The Morgan fingerprint density at radius 2 is 2.16 bits per heavy atom. The van der Waals surface area contributed by atoms with Gasteiger partial charge in [-0.05, 0) is 61.0 Å². The summed E-state index contributed by atoms with van der Waals surface area (Å²) >= 11 is 3.43. The normalized spacial score (nSPS) is 10.3. The molecule has 0 spiro atoms. The second-order valence-electron chi connectivity index (χ2n) is 4.46. The number of rotatable bonds is 4. The molecule has 4 heteroatoms. The molecular formula is C15H17BrN2O. The molecule has 1 aromatic heterocycles. The zero-order valence-corrected chi connectivity index (χ0v) is 12.9. The Bertz CT molecular complexity index is 598. The number of benzene rings is 1. The summed E-state index contributed by atoms with van der Waals surface area (Å²) in [4.78, 5) is 0. The number of allylic oxidation sites excluding steroid dienone is 1. The van der Waals surface area contributed by atoms with Gasteiger partial charge in [-0.2, -0.15) is 5.10 Å². The molecule has 0 aliphatic heterocycles. The summed E-state index contributed by atoms with van der Waals surface area (Å²) in [7, 11) is 0. The molecule has 0 aliphatic rings. The summed E-state index contributed by atoms with van der Waals surface area (Å²) in [5.41, 5.74) is 3.26. The average molecular weight is 321 g/mol. The van der Waals surface area contributed by atoms with Gasteiger partial charge in [0.1, 0.15) is 10.4 Å². The summed E-state index contributed by atoms with van der Waals surface area (Å²) in [6.45, 7) is 6.78. The fourth-order valence-corrected chi connectivity index (χ4v) is 2.24. The van der Waals surface area contributed by atoms with Gasteiger partial charge < -0.3 is 4.74 Å². The summed E-state index contributed by atoms with van der Waals surface area (Å²) in [6.07, 6.45) is 2.10. The van der Waals surface area contributed by atoms with Gasteiger partial charge in [-0.3, -0.25) is 0 Å². The van der Waals surface area contributed by atoms with Gasteiger partial charge >= 0.3 is 0 Å². The van der Waals surface area contributed by atoms with E-state index in [1.807, 2.05) is 41.9 Å². The Morgan fingerprint density at radius 1 is 1.37 bits per heavy atom. The second kappa shape index (κ2) is 6.06. The molecular weight excluding hydrogens is 304 g/mol. The Balaban J connectivity index is 2.46. The fraction of sp³-hybridized carbons (Fsp3) is 0.267. The minimum Gasteiger partial charge on any atom is -0.494 e. The van der Waals surface area contributed by atoms with Crippen LogP contribution in [0.4, 0.5) is 0 Å². The molecule has 1 heterocycles. The molecule has 2 rings (SSSR count). The minimum absolute atomic E-state index is 0.660. The maximum Gasteiger partial charge on any atom is 0.129 e. The highest BCUT2D eigenvalue weighted by atomic mass is 79.9. The molecule has 0 N–H and O–H groups in total. The molecule has 0 bridgehead atoms. The van der Waals surface area contributed by atoms with Crippen LogP contribution in [-0.4, -0.2) is 16.4 Å². The van der Waals surface area contributed by atoms with E-state index >= 15 is 0 Å². The lowest BCUT2D eigenvalue weighted by molar-refractivity contribution is 0.340. The number of aromatic nitrogens is 2. The van der Waals surface area contributed by atoms with Crippen molar-refractivity contribution in [3.05, 3.63) is 46.2 Å². The van der Waals surface area contributed by atoms with Gasteiger partial charge in [0, 0.05) is 6.07 Å². The highest BCUT2D eigenvalue weighted by Gasteiger charge is 2.07. The number of halogens is 1. The molecule has 19 heavy (non-hydrogen) atoms. The first-order valence-corrected chi connectivity index (χ1v) is 7.03. The molecule has 0 radical (unpaired) electrons. The predicted octanol–water partition coefficient (Wildman–Crippen LogP) is 4.46. The lowest BCUT2D eigenvalue weighted by atomic mass is 10.2. The van der Waals surface area contributed by atoms with Crippen molar-refractivity contribution in [2.45, 2.75) is 20.8 Å². The largest absolute Gasteiger partial charge is 0.494 e. The third-order valence-corrected chi connectivity index (χ3v) is 2.90. The van der Waals surface area contributed by atoms with E-state index in [-0.39, 0.29) is 0 Å². The lowest BCUT2D eigenvalue weighted by Crippen LogP contribution is -2.00. The van der Waals surface area contributed by atoms with E-state index in [9.17, 15) is 0 Å². The molecule has 3 nitrogen and oxygen atoms in total. The standard InChI is InChI=1S/C15H17BrN2O/c1-4-19-14-7-5-6-12(9-14)18-13(8-11(2)3)10-15(16)17-18/h5-10H,4H2,1-3H3. The van der Waals surface area contributed by atoms with Crippen LogP contribution in [0.15, 0.2) is 40.5 Å². The average Bonchev–Trinajstić information content (AvgIpc) is 2.70. The van der Waals surface area contributed by atoms with Crippen molar-refractivity contribution in [3.63, 3.8) is 0 Å². The van der Waals surface area contributed by atoms with Gasteiger partial charge in [0.2, 0.25) is 0 Å². The summed E-state index contributed by atoms with van der Waals surface area (Å²) < 4.78 is 8.25. The van der Waals surface area contributed by atoms with Crippen molar-refractivity contribution in [1.82, 2.24) is 9.78 Å². The van der Waals surface area contributed by atoms with E-state index < -0.39 is 0 Å². The van der Waals surface area contributed by atoms with E-state index in [1.165, 1.54) is 5.57 Å². The molecule has 0 aliphatic carbocycles. The molecule has 1 aromatic carbocycles. The number of ether oxygens (including phenoxy) is 1. The highest BCUT2D eigenvalue weighted by Crippen LogP contribution is 2.22. The Labute approximate surface area is 122 Å². The Kier molecular flexibility index (Phi) is 4.43. The maximum absolute atomic E-state index is 5.53. The van der Waals surface area contributed by atoms with Crippen molar-refractivity contribution in [2.75, 3.05) is 6.61 Å². The number of hydrogen-bond acceptors (Lipinski definition) is 2. The highest BCUT2D eigenvalue weighted by molar-refractivity contribution is 9.10. The van der Waals surface area contributed by atoms with Gasteiger partial charge in [0.15, 0.2) is 0 Å². The van der Waals surface area contributed by atoms with Crippen LogP contribution in [0.3, 0.4) is 0 Å². The number of hydrogen-bond donors (Lipinski definition) is 0. The molecule has 2 aromatic rings. The van der Waals surface area contributed by atoms with Crippen LogP contribution in [0, 0.1) is 0 Å². The van der Waals surface area contributed by atoms with Crippen LogP contribution in [-0.2, 0) is 0 Å². The SMILES string of the molecule is CCOc1cccc(-n2nc(Br)cc2C=C(C)C)c1. The van der Waals surface area contributed by atoms with Crippen LogP contribution in [0.5, 0.6) is 5.75 Å². The van der Waals surface area contributed by atoms with E-state index in [0.29, 0.717) is 6.61 Å². The Hall–Kier alpha value is -1.55. The van der Waals surface area contributed by atoms with E-state index in [2.05, 4.69) is 41.0 Å². The summed E-state index contributed by atoms with van der Waals surface area (Å²) in [5.74, 6) is 0.856. The van der Waals surface area contributed by atoms with E-state index in [4.69, 9.17) is 4.74 Å². The molecule has 0 amide bonds. The zero-order valence-electron chi connectivity index (χ0n) is 11.4. The van der Waals surface area contributed by atoms with Crippen molar-refractivity contribution in [2.24, 2.45) is 0 Å². The van der Waals surface area contributed by atoms with E-state index in [0.717, 1.165) is 21.7 Å². The third-order valence-electron chi connectivity index (χ3n) is 2.52. The van der Waals surface area contributed by atoms with Gasteiger partial charge in [0.25, 0.3) is 0 Å². The monoisotopic (exact) mass is 320 g/mol. The molecule has 100 valence electrons. The van der Waals surface area contributed by atoms with E-state index in [1.54, 1.807) is 0 Å². The van der Waals surface area contributed by atoms with Crippen LogP contribution in [0.25, 0.3) is 11.8 Å². The molecule has 0 saturated heterocycles. The summed E-state index contributed by atoms with van der Waals surface area (Å²) in [6, 6.07) is 9.93. The number of nitrogens with zero attached hydrogens (tertiary/aromatic N) is 2. The van der Waals surface area contributed by atoms with Gasteiger partial charge in [0.05, 0.1) is 18.0 Å². The second-order valence-corrected chi connectivity index (χ2v) is 5.27. The van der Waals surface area contributed by atoms with Crippen molar-refractivity contribution >= 4 is 22.0 Å². The lowest BCUT2D eigenvalue weighted by Gasteiger charge is -2.08. The smallest absolute Gasteiger partial charge is 0.129 e. The summed E-state index contributed by atoms with van der Waals surface area (Å²) in [5, 5.41) is 4.47. The maximum atomic E-state index is 5.53. The fourth-order valence-electron chi connectivity index (χ4n) is 1.84. The van der Waals surface area contributed by atoms with Gasteiger partial charge in [-0.25, -0.2) is 4.68 Å². The van der Waals surface area contributed by atoms with Crippen molar-refractivity contribution < 1.29 is 4.74 Å². The molecule has 0 atom stereocenters. The predicted molar refractivity (Wildman–Crippen MR) is 81.8 cm³/mol. The van der Waals surface area contributed by atoms with Gasteiger partial charge in [-0.1, -0.05) is 11.6 Å². The van der Waals surface area contributed by atoms with Crippen LogP contribution >= 0.6 is 15.9 Å². The van der Waals surface area contributed by atoms with Crippen molar-refractivity contribution in [3.8, 4) is 11.4 Å². The molecule has 0 saturated carbocycles. The first kappa shape index (κ1) is 13.9. The third kappa shape index (κ3) is 3.47. The van der Waals surface area contributed by atoms with Crippen molar-refractivity contribution in [1.29, 1.82) is 0 Å². The first-order valence-electron chi connectivity index (χ1n) is 6.24. The first-order chi connectivity index (χ1) is 9.10. The van der Waals surface area contributed by atoms with Crippen LogP contribution in [0.2, 0.25) is 0 Å². The molecule has 0 fully saturated rings. The Morgan fingerprint density at radius 3 is 2.84 bits per heavy atom. The molecule has 0 unspecified atom stereocenters. The van der Waals surface area contributed by atoms with Crippen LogP contribution in [0.1, 0.15) is 26.5 Å². The zero-order chi connectivity index (χ0) is 13.8.